The van der Waals surface area contributed by atoms with Crippen molar-refractivity contribution in [3.05, 3.63) is 77.9 Å². The van der Waals surface area contributed by atoms with Crippen molar-refractivity contribution in [2.45, 2.75) is 32.9 Å². The molecule has 1 aliphatic rings. The number of benzene rings is 3. The number of ether oxygens (including phenoxy) is 4. The zero-order valence-electron chi connectivity index (χ0n) is 23.5. The van der Waals surface area contributed by atoms with Crippen molar-refractivity contribution in [1.29, 1.82) is 0 Å². The molecule has 4 amide bonds. The van der Waals surface area contributed by atoms with E-state index in [4.69, 9.17) is 18.9 Å². The number of carbonyl (C=O) groups excluding carboxylic acids is 3. The molecule has 0 saturated carbocycles. The second-order valence-electron chi connectivity index (χ2n) is 10.2. The number of nitrogens with zero attached hydrogens (tertiary/aromatic N) is 1. The van der Waals surface area contributed by atoms with E-state index >= 15 is 0 Å². The molecule has 0 unspecified atom stereocenters. The van der Waals surface area contributed by atoms with Crippen LogP contribution in [0.2, 0.25) is 0 Å². The number of amides is 4. The van der Waals surface area contributed by atoms with E-state index in [0.29, 0.717) is 53.8 Å². The molecule has 0 saturated heterocycles. The molecular formula is C30H34N4O7. The maximum Gasteiger partial charge on any atom is 0.412 e. The standard InChI is InChI=1S/C30H34N4O7/c1-30(2,3)41-29(37)33-24-8-6-5-7-23(24)32-27(35)21-11-9-20(10-12-21)18-34(15-16-38-4)28(36)31-22-13-14-25-26(17-22)40-19-39-25/h5-14,17H,15-16,18-19H2,1-4H3,(H,31,36)(H,32,35)(H,33,37). The molecule has 0 fully saturated rings. The molecule has 0 aromatic heterocycles. The average Bonchev–Trinajstić information content (AvgIpc) is 3.39. The number of hydrogen-bond donors (Lipinski definition) is 3. The Kier molecular flexibility index (Phi) is 9.30. The van der Waals surface area contributed by atoms with E-state index in [1.165, 1.54) is 0 Å². The van der Waals surface area contributed by atoms with Gasteiger partial charge in [0.25, 0.3) is 5.91 Å². The topological polar surface area (TPSA) is 127 Å². The van der Waals surface area contributed by atoms with Gasteiger partial charge in [0.1, 0.15) is 5.60 Å². The van der Waals surface area contributed by atoms with Gasteiger partial charge >= 0.3 is 12.1 Å². The molecule has 0 bridgehead atoms. The van der Waals surface area contributed by atoms with Crippen LogP contribution in [0.25, 0.3) is 0 Å². The minimum absolute atomic E-state index is 0.149. The Hall–Kier alpha value is -4.77. The molecule has 0 spiro atoms. The van der Waals surface area contributed by atoms with E-state index < -0.39 is 11.7 Å². The first-order valence-corrected chi connectivity index (χ1v) is 13.0. The molecule has 3 aromatic carbocycles. The highest BCUT2D eigenvalue weighted by molar-refractivity contribution is 6.06. The second kappa shape index (κ2) is 13.1. The lowest BCUT2D eigenvalue weighted by Gasteiger charge is -2.23. The van der Waals surface area contributed by atoms with Gasteiger partial charge in [-0.3, -0.25) is 10.1 Å². The van der Waals surface area contributed by atoms with E-state index in [9.17, 15) is 14.4 Å². The fourth-order valence-electron chi connectivity index (χ4n) is 3.92. The Balaban J connectivity index is 1.39. The Morgan fingerprint density at radius 3 is 2.24 bits per heavy atom. The first-order chi connectivity index (χ1) is 19.6. The highest BCUT2D eigenvalue weighted by Crippen LogP contribution is 2.34. The Morgan fingerprint density at radius 2 is 1.56 bits per heavy atom. The zero-order valence-corrected chi connectivity index (χ0v) is 23.5. The summed E-state index contributed by atoms with van der Waals surface area (Å²) in [6.45, 7) is 6.47. The van der Waals surface area contributed by atoms with Gasteiger partial charge in [0.15, 0.2) is 11.5 Å². The predicted octanol–water partition coefficient (Wildman–Crippen LogP) is 5.70. The molecule has 4 rings (SSSR count). The third kappa shape index (κ3) is 8.36. The summed E-state index contributed by atoms with van der Waals surface area (Å²) in [4.78, 5) is 39.9. The summed E-state index contributed by atoms with van der Waals surface area (Å²) in [5.41, 5.74) is 2.00. The maximum atomic E-state index is 13.1. The van der Waals surface area contributed by atoms with E-state index in [2.05, 4.69) is 16.0 Å². The molecule has 41 heavy (non-hydrogen) atoms. The molecule has 0 atom stereocenters. The summed E-state index contributed by atoms with van der Waals surface area (Å²) in [5.74, 6) is 0.848. The lowest BCUT2D eigenvalue weighted by Crippen LogP contribution is -2.36. The van der Waals surface area contributed by atoms with Gasteiger partial charge < -0.3 is 34.5 Å². The quantitative estimate of drug-likeness (QED) is 0.305. The first kappa shape index (κ1) is 29.2. The van der Waals surface area contributed by atoms with Crippen LogP contribution in [-0.2, 0) is 16.0 Å². The maximum absolute atomic E-state index is 13.1. The number of rotatable bonds is 9. The molecular weight excluding hydrogens is 528 g/mol. The van der Waals surface area contributed by atoms with Gasteiger partial charge in [0, 0.05) is 37.5 Å². The third-order valence-electron chi connectivity index (χ3n) is 5.88. The number of hydrogen-bond acceptors (Lipinski definition) is 7. The highest BCUT2D eigenvalue weighted by Gasteiger charge is 2.19. The molecule has 0 aliphatic carbocycles. The largest absolute Gasteiger partial charge is 0.454 e. The zero-order chi connectivity index (χ0) is 29.4. The second-order valence-corrected chi connectivity index (χ2v) is 10.2. The molecule has 1 heterocycles. The van der Waals surface area contributed by atoms with E-state index in [-0.39, 0.29) is 18.7 Å². The van der Waals surface area contributed by atoms with Gasteiger partial charge in [-0.15, -0.1) is 0 Å². The van der Waals surface area contributed by atoms with Crippen LogP contribution >= 0.6 is 0 Å². The lowest BCUT2D eigenvalue weighted by atomic mass is 10.1. The highest BCUT2D eigenvalue weighted by atomic mass is 16.7. The van der Waals surface area contributed by atoms with E-state index in [0.717, 1.165) is 5.56 Å². The molecule has 0 radical (unpaired) electrons. The number of para-hydroxylation sites is 2. The van der Waals surface area contributed by atoms with E-state index in [1.54, 1.807) is 99.5 Å². The molecule has 3 aromatic rings. The van der Waals surface area contributed by atoms with Gasteiger partial charge in [-0.05, 0) is 62.7 Å². The SMILES string of the molecule is COCCN(Cc1ccc(C(=O)Nc2ccccc2NC(=O)OC(C)(C)C)cc1)C(=O)Nc1ccc2c(c1)OCO2. The lowest BCUT2D eigenvalue weighted by molar-refractivity contribution is 0.0635. The minimum atomic E-state index is -0.657. The van der Waals surface area contributed by atoms with Crippen LogP contribution in [0.4, 0.5) is 26.7 Å². The third-order valence-corrected chi connectivity index (χ3v) is 5.88. The van der Waals surface area contributed by atoms with Gasteiger partial charge in [0.05, 0.1) is 18.0 Å². The predicted molar refractivity (Wildman–Crippen MR) is 155 cm³/mol. The summed E-state index contributed by atoms with van der Waals surface area (Å²) in [7, 11) is 1.57. The molecule has 11 heteroatoms. The minimum Gasteiger partial charge on any atom is -0.454 e. The number of urea groups is 1. The number of fused-ring (bicyclic) bond motifs is 1. The van der Waals surface area contributed by atoms with Crippen LogP contribution in [0, 0.1) is 0 Å². The number of methoxy groups -OCH3 is 1. The Morgan fingerprint density at radius 1 is 0.878 bits per heavy atom. The summed E-state index contributed by atoms with van der Waals surface area (Å²) in [6.07, 6.45) is -0.621. The molecule has 216 valence electrons. The van der Waals surface area contributed by atoms with Crippen molar-refractivity contribution < 1.29 is 33.3 Å². The Bertz CT molecular complexity index is 1390. The van der Waals surface area contributed by atoms with Crippen molar-refractivity contribution in [3.63, 3.8) is 0 Å². The van der Waals surface area contributed by atoms with Crippen LogP contribution in [0.5, 0.6) is 11.5 Å². The number of nitrogens with one attached hydrogen (secondary N) is 3. The summed E-state index contributed by atoms with van der Waals surface area (Å²) in [6, 6.07) is 18.7. The number of anilines is 3. The van der Waals surface area contributed by atoms with Crippen LogP contribution in [0.15, 0.2) is 66.7 Å². The molecule has 3 N–H and O–H groups in total. The van der Waals surface area contributed by atoms with Crippen molar-refractivity contribution in [2.24, 2.45) is 0 Å². The van der Waals surface area contributed by atoms with Crippen LogP contribution in [-0.4, -0.2) is 55.6 Å². The van der Waals surface area contributed by atoms with Gasteiger partial charge in [0.2, 0.25) is 6.79 Å². The number of carbonyl (C=O) groups is 3. The van der Waals surface area contributed by atoms with Gasteiger partial charge in [-0.1, -0.05) is 24.3 Å². The normalized spacial score (nSPS) is 11.9. The van der Waals surface area contributed by atoms with Gasteiger partial charge in [-0.25, -0.2) is 9.59 Å². The van der Waals surface area contributed by atoms with Crippen molar-refractivity contribution in [2.75, 3.05) is 43.0 Å². The first-order valence-electron chi connectivity index (χ1n) is 13.0. The Labute approximate surface area is 238 Å². The average molecular weight is 563 g/mol. The van der Waals surface area contributed by atoms with Crippen LogP contribution in [0.1, 0.15) is 36.7 Å². The van der Waals surface area contributed by atoms with Crippen molar-refractivity contribution in [3.8, 4) is 11.5 Å². The van der Waals surface area contributed by atoms with Gasteiger partial charge in [-0.2, -0.15) is 0 Å². The fraction of sp³-hybridized carbons (Fsp3) is 0.300. The van der Waals surface area contributed by atoms with E-state index in [1.807, 2.05) is 0 Å². The summed E-state index contributed by atoms with van der Waals surface area (Å²) < 4.78 is 21.2. The van der Waals surface area contributed by atoms with Crippen molar-refractivity contribution in [1.82, 2.24) is 4.90 Å². The molecule has 1 aliphatic heterocycles. The molecule has 11 nitrogen and oxygen atoms in total. The van der Waals surface area contributed by atoms with Crippen LogP contribution < -0.4 is 25.4 Å². The monoisotopic (exact) mass is 562 g/mol. The fourth-order valence-corrected chi connectivity index (χ4v) is 3.92. The smallest absolute Gasteiger partial charge is 0.412 e. The van der Waals surface area contributed by atoms with Crippen LogP contribution in [0.3, 0.4) is 0 Å². The summed E-state index contributed by atoms with van der Waals surface area (Å²) in [5, 5.41) is 8.38. The van der Waals surface area contributed by atoms with Crippen molar-refractivity contribution >= 4 is 35.1 Å². The summed E-state index contributed by atoms with van der Waals surface area (Å²) >= 11 is 0.